The topological polar surface area (TPSA) is 153 Å². The molecule has 1 aliphatic heterocycles. The quantitative estimate of drug-likeness (QED) is 0.314. The molecule has 0 spiro atoms. The van der Waals surface area contributed by atoms with Gasteiger partial charge in [-0.1, -0.05) is 11.6 Å². The van der Waals surface area contributed by atoms with E-state index in [2.05, 4.69) is 30.4 Å². The summed E-state index contributed by atoms with van der Waals surface area (Å²) in [5.41, 5.74) is 1.44. The molecule has 0 radical (unpaired) electrons. The van der Waals surface area contributed by atoms with Crippen LogP contribution in [0.5, 0.6) is 0 Å². The number of amides is 2. The van der Waals surface area contributed by atoms with E-state index in [1.807, 2.05) is 13.8 Å². The van der Waals surface area contributed by atoms with Crippen molar-refractivity contribution < 1.29 is 22.4 Å². The van der Waals surface area contributed by atoms with E-state index in [-0.39, 0.29) is 50.4 Å². The average Bonchev–Trinajstić information content (AvgIpc) is 3.50. The van der Waals surface area contributed by atoms with E-state index in [0.717, 1.165) is 30.7 Å². The van der Waals surface area contributed by atoms with E-state index in [1.54, 1.807) is 28.9 Å². The highest BCUT2D eigenvalue weighted by Crippen LogP contribution is 2.42. The molecule has 6 rings (SSSR count). The SMILES string of the molecule is Cc1nc(N2C[C@H]3CC[C@H]3C2=O)ncc1C(C)n1cc(NC(=O)c2nc(-c3c(S(C)(=O)=O)ccc(Cl)c3F)cnc2C)cn1. The number of sulfone groups is 1. The van der Waals surface area contributed by atoms with Gasteiger partial charge in [-0.25, -0.2) is 27.8 Å². The molecule has 3 atom stereocenters. The Labute approximate surface area is 257 Å². The fraction of sp³-hybridized carbons (Fsp3) is 0.345. The summed E-state index contributed by atoms with van der Waals surface area (Å²) in [6, 6.07) is 2.03. The van der Waals surface area contributed by atoms with Gasteiger partial charge in [0.1, 0.15) is 5.69 Å². The number of hydrogen-bond donors (Lipinski definition) is 1. The molecule has 1 aromatic carbocycles. The van der Waals surface area contributed by atoms with Crippen molar-refractivity contribution in [3.63, 3.8) is 0 Å². The molecule has 1 saturated carbocycles. The van der Waals surface area contributed by atoms with Crippen LogP contribution in [0.25, 0.3) is 11.3 Å². The van der Waals surface area contributed by atoms with Crippen molar-refractivity contribution in [3.05, 3.63) is 70.4 Å². The lowest BCUT2D eigenvalue weighted by molar-refractivity contribution is -0.123. The van der Waals surface area contributed by atoms with Crippen LogP contribution in [-0.2, 0) is 14.6 Å². The van der Waals surface area contributed by atoms with Crippen LogP contribution in [-0.4, -0.2) is 62.7 Å². The number of benzene rings is 1. The molecule has 0 bridgehead atoms. The Kier molecular flexibility index (Phi) is 7.44. The third kappa shape index (κ3) is 5.21. The second kappa shape index (κ2) is 11.0. The third-order valence-electron chi connectivity index (χ3n) is 8.25. The van der Waals surface area contributed by atoms with Crippen LogP contribution in [0.4, 0.5) is 16.0 Å². The van der Waals surface area contributed by atoms with E-state index >= 15 is 4.39 Å². The minimum atomic E-state index is -3.86. The number of carbonyl (C=O) groups excluding carboxylic acids is 2. The van der Waals surface area contributed by atoms with E-state index in [0.29, 0.717) is 29.8 Å². The largest absolute Gasteiger partial charge is 0.318 e. The van der Waals surface area contributed by atoms with Gasteiger partial charge >= 0.3 is 0 Å². The van der Waals surface area contributed by atoms with Crippen molar-refractivity contribution in [1.82, 2.24) is 29.7 Å². The first kappa shape index (κ1) is 29.8. The van der Waals surface area contributed by atoms with Gasteiger partial charge in [-0.2, -0.15) is 5.10 Å². The molecule has 2 amide bonds. The smallest absolute Gasteiger partial charge is 0.276 e. The van der Waals surface area contributed by atoms with Gasteiger partial charge in [-0.05, 0) is 51.7 Å². The highest BCUT2D eigenvalue weighted by molar-refractivity contribution is 7.90. The maximum atomic E-state index is 15.1. The highest BCUT2D eigenvalue weighted by atomic mass is 35.5. The van der Waals surface area contributed by atoms with Crippen molar-refractivity contribution in [3.8, 4) is 11.3 Å². The van der Waals surface area contributed by atoms with Gasteiger partial charge < -0.3 is 5.32 Å². The summed E-state index contributed by atoms with van der Waals surface area (Å²) in [5.74, 6) is -0.654. The maximum Gasteiger partial charge on any atom is 0.276 e. The van der Waals surface area contributed by atoms with Gasteiger partial charge in [-0.15, -0.1) is 0 Å². The van der Waals surface area contributed by atoms with E-state index < -0.39 is 21.6 Å². The van der Waals surface area contributed by atoms with Gasteiger partial charge in [0.15, 0.2) is 15.7 Å². The van der Waals surface area contributed by atoms with Gasteiger partial charge in [0.05, 0.1) is 51.0 Å². The Morgan fingerprint density at radius 1 is 1.11 bits per heavy atom. The number of aromatic nitrogens is 6. The minimum absolute atomic E-state index is 0.0907. The summed E-state index contributed by atoms with van der Waals surface area (Å²) in [6.07, 6.45) is 8.89. The molecule has 12 nitrogen and oxygen atoms in total. The summed E-state index contributed by atoms with van der Waals surface area (Å²) < 4.78 is 41.4. The van der Waals surface area contributed by atoms with E-state index in [1.165, 1.54) is 18.5 Å². The fourth-order valence-corrected chi connectivity index (χ4v) is 6.67. The van der Waals surface area contributed by atoms with Crippen LogP contribution in [0.15, 0.2) is 41.8 Å². The normalized spacial score (nSPS) is 18.6. The summed E-state index contributed by atoms with van der Waals surface area (Å²) in [7, 11) is -3.86. The lowest BCUT2D eigenvalue weighted by Crippen LogP contribution is -2.30. The monoisotopic (exact) mass is 638 g/mol. The lowest BCUT2D eigenvalue weighted by Gasteiger charge is -2.25. The first-order chi connectivity index (χ1) is 20.8. The van der Waals surface area contributed by atoms with Crippen molar-refractivity contribution >= 4 is 44.9 Å². The molecule has 4 heterocycles. The van der Waals surface area contributed by atoms with E-state index in [9.17, 15) is 18.0 Å². The first-order valence-electron chi connectivity index (χ1n) is 13.9. The molecule has 2 fully saturated rings. The highest BCUT2D eigenvalue weighted by Gasteiger charge is 2.47. The van der Waals surface area contributed by atoms with Crippen LogP contribution in [0.3, 0.4) is 0 Å². The Morgan fingerprint density at radius 3 is 2.52 bits per heavy atom. The van der Waals surface area contributed by atoms with Gasteiger partial charge in [0.25, 0.3) is 5.91 Å². The second-order valence-corrected chi connectivity index (χ2v) is 13.5. The van der Waals surface area contributed by atoms with Crippen LogP contribution in [0.2, 0.25) is 5.02 Å². The Hall–Kier alpha value is -4.30. The number of carbonyl (C=O) groups is 2. The van der Waals surface area contributed by atoms with Crippen LogP contribution >= 0.6 is 11.6 Å². The summed E-state index contributed by atoms with van der Waals surface area (Å²) >= 11 is 5.93. The Balaban J connectivity index is 1.22. The zero-order chi connectivity index (χ0) is 31.5. The Bertz CT molecular complexity index is 1950. The molecule has 44 heavy (non-hydrogen) atoms. The molecule has 1 saturated heterocycles. The zero-order valence-electron chi connectivity index (χ0n) is 24.2. The fourth-order valence-electron chi connectivity index (χ4n) is 5.63. The van der Waals surface area contributed by atoms with Crippen molar-refractivity contribution in [2.24, 2.45) is 11.8 Å². The number of rotatable bonds is 7. The summed E-state index contributed by atoms with van der Waals surface area (Å²) in [5, 5.41) is 6.80. The number of fused-ring (bicyclic) bond motifs is 1. The molecule has 2 aliphatic rings. The molecule has 1 unspecified atom stereocenters. The molecule has 3 aromatic heterocycles. The predicted octanol–water partition coefficient (Wildman–Crippen LogP) is 4.18. The number of nitrogens with one attached hydrogen (secondary N) is 1. The number of halogens is 2. The van der Waals surface area contributed by atoms with E-state index in [4.69, 9.17) is 11.6 Å². The molecule has 228 valence electrons. The molecular weight excluding hydrogens is 611 g/mol. The number of aryl methyl sites for hydroxylation is 2. The van der Waals surface area contributed by atoms with Crippen molar-refractivity contribution in [2.45, 2.75) is 44.6 Å². The minimum Gasteiger partial charge on any atom is -0.318 e. The van der Waals surface area contributed by atoms with Gasteiger partial charge in [0.2, 0.25) is 11.9 Å². The third-order valence-corrected chi connectivity index (χ3v) is 9.68. The molecule has 4 aromatic rings. The zero-order valence-corrected chi connectivity index (χ0v) is 25.8. The van der Waals surface area contributed by atoms with Crippen molar-refractivity contribution in [2.75, 3.05) is 23.0 Å². The van der Waals surface area contributed by atoms with Crippen LogP contribution in [0, 0.1) is 31.5 Å². The predicted molar refractivity (Wildman–Crippen MR) is 160 cm³/mol. The molecular formula is C29H28ClFN8O4S. The standard InChI is InChI=1S/C29H28ClFN8O4S/c1-14-20(10-33-29(35-14)38-12-17-5-6-19(17)28(38)41)16(3)39-13-18(9-34-39)36-27(40)26-15(2)32-11-22(37-26)24-23(44(4,42)43)8-7-21(30)25(24)31/h7-11,13,16-17,19H,5-6,12H2,1-4H3,(H,36,40)/t16?,17-,19-/m1/s1. The number of anilines is 2. The average molecular weight is 639 g/mol. The van der Waals surface area contributed by atoms with Crippen LogP contribution < -0.4 is 10.2 Å². The number of nitrogens with zero attached hydrogens (tertiary/aromatic N) is 7. The van der Waals surface area contributed by atoms with Gasteiger partial charge in [-0.3, -0.25) is 24.2 Å². The summed E-state index contributed by atoms with van der Waals surface area (Å²) in [4.78, 5) is 44.8. The lowest BCUT2D eigenvalue weighted by atomic mass is 9.76. The molecule has 1 aliphatic carbocycles. The second-order valence-electron chi connectivity index (χ2n) is 11.1. The summed E-state index contributed by atoms with van der Waals surface area (Å²) in [6.45, 7) is 5.96. The Morgan fingerprint density at radius 2 is 1.89 bits per heavy atom. The number of hydrogen-bond acceptors (Lipinski definition) is 9. The molecule has 1 N–H and O–H groups in total. The first-order valence-corrected chi connectivity index (χ1v) is 16.1. The molecule has 15 heteroatoms. The van der Waals surface area contributed by atoms with Gasteiger partial charge in [0, 0.05) is 42.4 Å². The van der Waals surface area contributed by atoms with Crippen LogP contribution in [0.1, 0.15) is 53.2 Å². The maximum absolute atomic E-state index is 15.1. The van der Waals surface area contributed by atoms with Crippen molar-refractivity contribution in [1.29, 1.82) is 0 Å².